The molecular formula is C17H15Cl2N5OS. The fourth-order valence-electron chi connectivity index (χ4n) is 2.29. The van der Waals surface area contributed by atoms with E-state index in [9.17, 15) is 4.79 Å². The van der Waals surface area contributed by atoms with Crippen molar-refractivity contribution in [3.63, 3.8) is 0 Å². The van der Waals surface area contributed by atoms with E-state index in [1.807, 2.05) is 32.0 Å². The SMILES string of the molecule is Cc1ccc(C)c(-n2nnnc2SCC(=O)Nc2c(Cl)cccc2Cl)c1. The van der Waals surface area contributed by atoms with Crippen LogP contribution in [0, 0.1) is 13.8 Å². The molecule has 1 heterocycles. The molecule has 0 fully saturated rings. The summed E-state index contributed by atoms with van der Waals surface area (Å²) < 4.78 is 1.63. The maximum Gasteiger partial charge on any atom is 0.234 e. The van der Waals surface area contributed by atoms with Gasteiger partial charge in [0.15, 0.2) is 0 Å². The van der Waals surface area contributed by atoms with E-state index in [2.05, 4.69) is 20.8 Å². The summed E-state index contributed by atoms with van der Waals surface area (Å²) in [7, 11) is 0. The number of hydrogen-bond acceptors (Lipinski definition) is 5. The Labute approximate surface area is 164 Å². The van der Waals surface area contributed by atoms with Gasteiger partial charge in [-0.3, -0.25) is 4.79 Å². The van der Waals surface area contributed by atoms with Gasteiger partial charge in [-0.2, -0.15) is 4.68 Å². The van der Waals surface area contributed by atoms with Gasteiger partial charge >= 0.3 is 0 Å². The van der Waals surface area contributed by atoms with Crippen LogP contribution in [-0.4, -0.2) is 31.9 Å². The fraction of sp³-hybridized carbons (Fsp3) is 0.176. The van der Waals surface area contributed by atoms with Crippen LogP contribution >= 0.6 is 35.0 Å². The molecule has 0 radical (unpaired) electrons. The number of carbonyl (C=O) groups excluding carboxylic acids is 1. The number of para-hydroxylation sites is 1. The maximum absolute atomic E-state index is 12.3. The molecule has 1 aromatic heterocycles. The third kappa shape index (κ3) is 4.17. The molecule has 3 rings (SSSR count). The van der Waals surface area contributed by atoms with Crippen LogP contribution in [0.25, 0.3) is 5.69 Å². The van der Waals surface area contributed by atoms with Crippen molar-refractivity contribution in [2.75, 3.05) is 11.1 Å². The summed E-state index contributed by atoms with van der Waals surface area (Å²) in [6.45, 7) is 3.98. The van der Waals surface area contributed by atoms with Gasteiger partial charge in [-0.15, -0.1) is 5.10 Å². The lowest BCUT2D eigenvalue weighted by Crippen LogP contribution is -2.15. The van der Waals surface area contributed by atoms with E-state index < -0.39 is 0 Å². The quantitative estimate of drug-likeness (QED) is 0.637. The molecule has 6 nitrogen and oxygen atoms in total. The van der Waals surface area contributed by atoms with Crippen LogP contribution in [0.1, 0.15) is 11.1 Å². The minimum atomic E-state index is -0.250. The van der Waals surface area contributed by atoms with E-state index in [1.54, 1.807) is 22.9 Å². The second kappa shape index (κ2) is 8.07. The third-order valence-corrected chi connectivity index (χ3v) is 5.14. The van der Waals surface area contributed by atoms with Crippen molar-refractivity contribution in [2.24, 2.45) is 0 Å². The normalized spacial score (nSPS) is 10.8. The highest BCUT2D eigenvalue weighted by molar-refractivity contribution is 7.99. The van der Waals surface area contributed by atoms with Gasteiger partial charge < -0.3 is 5.32 Å². The lowest BCUT2D eigenvalue weighted by Gasteiger charge is -2.10. The summed E-state index contributed by atoms with van der Waals surface area (Å²) in [6.07, 6.45) is 0. The zero-order valence-corrected chi connectivity index (χ0v) is 16.4. The number of halogens is 2. The van der Waals surface area contributed by atoms with E-state index in [-0.39, 0.29) is 11.7 Å². The lowest BCUT2D eigenvalue weighted by molar-refractivity contribution is -0.113. The number of nitrogens with zero attached hydrogens (tertiary/aromatic N) is 4. The zero-order chi connectivity index (χ0) is 18.7. The Morgan fingerprint density at radius 3 is 2.65 bits per heavy atom. The Bertz CT molecular complexity index is 940. The third-order valence-electron chi connectivity index (χ3n) is 3.59. The molecule has 1 N–H and O–H groups in total. The Hall–Kier alpha value is -2.09. The number of thioether (sulfide) groups is 1. The minimum absolute atomic E-state index is 0.118. The smallest absolute Gasteiger partial charge is 0.234 e. The van der Waals surface area contributed by atoms with Crippen LogP contribution in [0.3, 0.4) is 0 Å². The molecule has 0 aliphatic carbocycles. The molecule has 3 aromatic rings. The molecule has 0 saturated carbocycles. The molecule has 0 unspecified atom stereocenters. The van der Waals surface area contributed by atoms with Crippen molar-refractivity contribution in [3.8, 4) is 5.69 Å². The number of anilines is 1. The highest BCUT2D eigenvalue weighted by Gasteiger charge is 2.15. The largest absolute Gasteiger partial charge is 0.323 e. The zero-order valence-electron chi connectivity index (χ0n) is 14.0. The highest BCUT2D eigenvalue weighted by atomic mass is 35.5. The van der Waals surface area contributed by atoms with Crippen LogP contribution in [0.4, 0.5) is 5.69 Å². The number of aromatic nitrogens is 4. The van der Waals surface area contributed by atoms with Gasteiger partial charge in [0.05, 0.1) is 27.2 Å². The first-order valence-corrected chi connectivity index (χ1v) is 9.42. The molecule has 2 aromatic carbocycles. The molecule has 0 aliphatic rings. The van der Waals surface area contributed by atoms with Gasteiger partial charge in [0.1, 0.15) is 0 Å². The van der Waals surface area contributed by atoms with Gasteiger partial charge in [-0.05, 0) is 53.6 Å². The predicted octanol–water partition coefficient (Wildman–Crippen LogP) is 4.32. The minimum Gasteiger partial charge on any atom is -0.323 e. The second-order valence-electron chi connectivity index (χ2n) is 5.60. The van der Waals surface area contributed by atoms with Crippen molar-refractivity contribution in [3.05, 3.63) is 57.6 Å². The van der Waals surface area contributed by atoms with Crippen LogP contribution in [0.2, 0.25) is 10.0 Å². The number of hydrogen-bond donors (Lipinski definition) is 1. The number of tetrazole rings is 1. The number of rotatable bonds is 5. The average molecular weight is 408 g/mol. The summed E-state index contributed by atoms with van der Waals surface area (Å²) in [5.74, 6) is -0.132. The van der Waals surface area contributed by atoms with Gasteiger partial charge in [-0.1, -0.05) is 53.2 Å². The molecule has 0 bridgehead atoms. The summed E-state index contributed by atoms with van der Waals surface area (Å²) in [6, 6.07) is 11.1. The molecule has 134 valence electrons. The van der Waals surface area contributed by atoms with Gasteiger partial charge in [0.2, 0.25) is 11.1 Å². The van der Waals surface area contributed by atoms with Crippen LogP contribution in [0.15, 0.2) is 41.6 Å². The van der Waals surface area contributed by atoms with Crippen molar-refractivity contribution in [2.45, 2.75) is 19.0 Å². The molecule has 0 saturated heterocycles. The standard InChI is InChI=1S/C17H15Cl2N5OS/c1-10-6-7-11(2)14(8-10)24-17(21-22-23-24)26-9-15(25)20-16-12(18)4-3-5-13(16)19/h3-8H,9H2,1-2H3,(H,20,25). The number of aryl methyl sites for hydroxylation is 2. The summed E-state index contributed by atoms with van der Waals surface area (Å²) in [4.78, 5) is 12.3. The van der Waals surface area contributed by atoms with Crippen molar-refractivity contribution in [1.29, 1.82) is 0 Å². The van der Waals surface area contributed by atoms with Gasteiger partial charge in [0, 0.05) is 0 Å². The van der Waals surface area contributed by atoms with Crippen molar-refractivity contribution >= 4 is 46.6 Å². The molecule has 0 aliphatic heterocycles. The van der Waals surface area contributed by atoms with E-state index in [0.717, 1.165) is 16.8 Å². The fourth-order valence-corrected chi connectivity index (χ4v) is 3.47. The summed E-state index contributed by atoms with van der Waals surface area (Å²) in [5, 5.41) is 15.8. The number of benzene rings is 2. The van der Waals surface area contributed by atoms with E-state index in [4.69, 9.17) is 23.2 Å². The predicted molar refractivity (Wildman–Crippen MR) is 104 cm³/mol. The van der Waals surface area contributed by atoms with E-state index in [1.165, 1.54) is 11.8 Å². The number of nitrogens with one attached hydrogen (secondary N) is 1. The van der Waals surface area contributed by atoms with Crippen molar-refractivity contribution in [1.82, 2.24) is 20.2 Å². The first kappa shape index (κ1) is 18.7. The Morgan fingerprint density at radius 2 is 1.92 bits per heavy atom. The number of amides is 1. The summed E-state index contributed by atoms with van der Waals surface area (Å²) >= 11 is 13.4. The average Bonchev–Trinajstić information content (AvgIpc) is 3.07. The topological polar surface area (TPSA) is 72.7 Å². The molecule has 1 amide bonds. The summed E-state index contributed by atoms with van der Waals surface area (Å²) in [5.41, 5.74) is 3.42. The molecular weight excluding hydrogens is 393 g/mol. The molecule has 9 heteroatoms. The lowest BCUT2D eigenvalue weighted by atomic mass is 10.1. The molecule has 0 spiro atoms. The second-order valence-corrected chi connectivity index (χ2v) is 7.35. The first-order chi connectivity index (χ1) is 12.5. The van der Waals surface area contributed by atoms with E-state index in [0.29, 0.717) is 20.9 Å². The monoisotopic (exact) mass is 407 g/mol. The first-order valence-electron chi connectivity index (χ1n) is 7.68. The Balaban J connectivity index is 1.72. The van der Waals surface area contributed by atoms with Gasteiger partial charge in [0.25, 0.3) is 0 Å². The molecule has 0 atom stereocenters. The number of carbonyl (C=O) groups is 1. The van der Waals surface area contributed by atoms with Crippen LogP contribution < -0.4 is 5.32 Å². The van der Waals surface area contributed by atoms with Crippen LogP contribution in [-0.2, 0) is 4.79 Å². The van der Waals surface area contributed by atoms with Crippen LogP contribution in [0.5, 0.6) is 0 Å². The Morgan fingerprint density at radius 1 is 1.19 bits per heavy atom. The maximum atomic E-state index is 12.3. The Kier molecular flexibility index (Phi) is 5.80. The molecule has 26 heavy (non-hydrogen) atoms. The highest BCUT2D eigenvalue weighted by Crippen LogP contribution is 2.30. The van der Waals surface area contributed by atoms with E-state index >= 15 is 0 Å². The van der Waals surface area contributed by atoms with Gasteiger partial charge in [-0.25, -0.2) is 0 Å². The van der Waals surface area contributed by atoms with Crippen molar-refractivity contribution < 1.29 is 4.79 Å².